The van der Waals surface area contributed by atoms with Gasteiger partial charge in [-0.15, -0.1) is 0 Å². The fourth-order valence-electron chi connectivity index (χ4n) is 3.99. The molecule has 4 atom stereocenters. The fourth-order valence-corrected chi connectivity index (χ4v) is 3.99. The van der Waals surface area contributed by atoms with Gasteiger partial charge in [-0.25, -0.2) is 0 Å². The molecule has 0 N–H and O–H groups in total. The zero-order valence-corrected chi connectivity index (χ0v) is 7.82. The third-order valence-corrected chi connectivity index (χ3v) is 4.43. The summed E-state index contributed by atoms with van der Waals surface area (Å²) in [7, 11) is 1.50. The molecule has 0 aliphatic heterocycles. The van der Waals surface area contributed by atoms with Crippen molar-refractivity contribution in [3.8, 4) is 0 Å². The number of rotatable bonds is 1. The molecular formula is C11H14O2. The second kappa shape index (κ2) is 2.17. The summed E-state index contributed by atoms with van der Waals surface area (Å²) in [6.07, 6.45) is 2.40. The number of esters is 1. The van der Waals surface area contributed by atoms with E-state index >= 15 is 0 Å². The van der Waals surface area contributed by atoms with Crippen LogP contribution in [-0.2, 0) is 9.53 Å². The van der Waals surface area contributed by atoms with Crippen LogP contribution in [0.25, 0.3) is 0 Å². The summed E-state index contributed by atoms with van der Waals surface area (Å²) in [6.45, 7) is 4.13. The molecule has 0 aromatic carbocycles. The molecule has 0 radical (unpaired) electrons. The van der Waals surface area contributed by atoms with Crippen molar-refractivity contribution in [3.05, 3.63) is 12.2 Å². The molecule has 4 aliphatic rings. The molecular weight excluding hydrogens is 164 g/mol. The number of carbonyl (C=O) groups excluding carboxylic acids is 1. The Labute approximate surface area is 78.0 Å². The Morgan fingerprint density at radius 2 is 1.92 bits per heavy atom. The van der Waals surface area contributed by atoms with Crippen molar-refractivity contribution in [1.82, 2.24) is 0 Å². The van der Waals surface area contributed by atoms with Crippen LogP contribution < -0.4 is 0 Å². The maximum atomic E-state index is 11.5. The van der Waals surface area contributed by atoms with Crippen LogP contribution >= 0.6 is 0 Å². The van der Waals surface area contributed by atoms with Gasteiger partial charge in [0, 0.05) is 0 Å². The minimum Gasteiger partial charge on any atom is -0.469 e. The van der Waals surface area contributed by atoms with Crippen LogP contribution in [0.5, 0.6) is 0 Å². The van der Waals surface area contributed by atoms with Gasteiger partial charge in [0.05, 0.1) is 13.0 Å². The van der Waals surface area contributed by atoms with E-state index in [0.717, 1.165) is 0 Å². The predicted molar refractivity (Wildman–Crippen MR) is 47.8 cm³/mol. The Bertz CT molecular complexity index is 274. The summed E-state index contributed by atoms with van der Waals surface area (Å²) in [6, 6.07) is 0. The van der Waals surface area contributed by atoms with Gasteiger partial charge >= 0.3 is 5.97 Å². The maximum absolute atomic E-state index is 11.5. The van der Waals surface area contributed by atoms with E-state index < -0.39 is 0 Å². The quantitative estimate of drug-likeness (QED) is 0.450. The molecule has 4 saturated carbocycles. The summed E-state index contributed by atoms with van der Waals surface area (Å²) in [4.78, 5) is 11.5. The lowest BCUT2D eigenvalue weighted by Crippen LogP contribution is -2.25. The third-order valence-electron chi connectivity index (χ3n) is 4.43. The molecule has 4 rings (SSSR count). The summed E-state index contributed by atoms with van der Waals surface area (Å²) in [5.41, 5.74) is 1.43. The van der Waals surface area contributed by atoms with Gasteiger partial charge in [0.15, 0.2) is 0 Å². The summed E-state index contributed by atoms with van der Waals surface area (Å²) < 4.78 is 4.85. The van der Waals surface area contributed by atoms with E-state index in [0.29, 0.717) is 23.7 Å². The largest absolute Gasteiger partial charge is 0.469 e. The number of hydrogen-bond donors (Lipinski definition) is 0. The van der Waals surface area contributed by atoms with E-state index in [9.17, 15) is 4.79 Å². The van der Waals surface area contributed by atoms with Crippen LogP contribution in [0.2, 0.25) is 0 Å². The lowest BCUT2D eigenvalue weighted by molar-refractivity contribution is -0.147. The van der Waals surface area contributed by atoms with E-state index in [1.54, 1.807) is 0 Å². The number of allylic oxidation sites excluding steroid dienone is 1. The highest BCUT2D eigenvalue weighted by Crippen LogP contribution is 2.68. The lowest BCUT2D eigenvalue weighted by atomic mass is 9.86. The van der Waals surface area contributed by atoms with E-state index in [1.807, 2.05) is 0 Å². The van der Waals surface area contributed by atoms with Crippen LogP contribution in [0.3, 0.4) is 0 Å². The van der Waals surface area contributed by atoms with Crippen molar-refractivity contribution in [2.75, 3.05) is 7.11 Å². The molecule has 4 bridgehead atoms. The Morgan fingerprint density at radius 1 is 1.38 bits per heavy atom. The summed E-state index contributed by atoms with van der Waals surface area (Å²) in [5.74, 6) is 2.70. The highest BCUT2D eigenvalue weighted by molar-refractivity contribution is 5.75. The molecule has 0 amide bonds. The third kappa shape index (κ3) is 0.687. The first-order valence-corrected chi connectivity index (χ1v) is 5.00. The number of hydrogen-bond acceptors (Lipinski definition) is 2. The van der Waals surface area contributed by atoms with Gasteiger partial charge in [0.25, 0.3) is 0 Å². The van der Waals surface area contributed by atoms with Crippen molar-refractivity contribution < 1.29 is 9.53 Å². The molecule has 0 saturated heterocycles. The van der Waals surface area contributed by atoms with Crippen LogP contribution in [0.4, 0.5) is 0 Å². The molecule has 4 fully saturated rings. The second-order valence-electron chi connectivity index (χ2n) is 4.64. The number of ether oxygens (including phenoxy) is 1. The van der Waals surface area contributed by atoms with Crippen LogP contribution in [0.15, 0.2) is 12.2 Å². The topological polar surface area (TPSA) is 26.3 Å². The first-order valence-electron chi connectivity index (χ1n) is 5.00. The van der Waals surface area contributed by atoms with Crippen molar-refractivity contribution in [2.45, 2.75) is 12.8 Å². The van der Waals surface area contributed by atoms with Crippen molar-refractivity contribution in [2.24, 2.45) is 29.6 Å². The SMILES string of the molecule is C=C1C2CC3C1CC2C3C(=O)OC. The Balaban J connectivity index is 1.93. The molecule has 2 nitrogen and oxygen atoms in total. The zero-order valence-electron chi connectivity index (χ0n) is 7.82. The first kappa shape index (κ1) is 7.60. The second-order valence-corrected chi connectivity index (χ2v) is 4.64. The summed E-state index contributed by atoms with van der Waals surface area (Å²) >= 11 is 0. The molecule has 0 spiro atoms. The minimum absolute atomic E-state index is 0.0208. The standard InChI is InChI=1S/C11H14O2/c1-5-6-3-8-7(5)4-9(6)10(8)11(12)13-2/h6-10H,1,3-4H2,2H3. The minimum atomic E-state index is 0.0208. The lowest BCUT2D eigenvalue weighted by Gasteiger charge is -2.19. The number of carbonyl (C=O) groups is 1. The van der Waals surface area contributed by atoms with E-state index in [2.05, 4.69) is 6.58 Å². The zero-order chi connectivity index (χ0) is 9.16. The van der Waals surface area contributed by atoms with Crippen molar-refractivity contribution in [1.29, 1.82) is 0 Å². The van der Waals surface area contributed by atoms with Gasteiger partial charge in [-0.1, -0.05) is 12.2 Å². The fraction of sp³-hybridized carbons (Fsp3) is 0.727. The molecule has 0 heterocycles. The molecule has 70 valence electrons. The van der Waals surface area contributed by atoms with E-state index in [4.69, 9.17) is 4.74 Å². The van der Waals surface area contributed by atoms with Gasteiger partial charge in [-0.05, 0) is 36.5 Å². The van der Waals surface area contributed by atoms with Gasteiger partial charge < -0.3 is 4.74 Å². The monoisotopic (exact) mass is 178 g/mol. The highest BCUT2D eigenvalue weighted by Gasteiger charge is 2.64. The summed E-state index contributed by atoms with van der Waals surface area (Å²) in [5, 5.41) is 0. The van der Waals surface area contributed by atoms with Crippen molar-refractivity contribution in [3.63, 3.8) is 0 Å². The molecule has 4 aliphatic carbocycles. The van der Waals surface area contributed by atoms with Crippen LogP contribution in [-0.4, -0.2) is 13.1 Å². The van der Waals surface area contributed by atoms with Gasteiger partial charge in [0.2, 0.25) is 0 Å². The van der Waals surface area contributed by atoms with Gasteiger partial charge in [0.1, 0.15) is 0 Å². The molecule has 0 aromatic heterocycles. The molecule has 0 aromatic rings. The van der Waals surface area contributed by atoms with Crippen molar-refractivity contribution >= 4 is 5.97 Å². The average molecular weight is 178 g/mol. The highest BCUT2D eigenvalue weighted by atomic mass is 16.5. The van der Waals surface area contributed by atoms with Crippen LogP contribution in [0.1, 0.15) is 12.8 Å². The average Bonchev–Trinajstić information content (AvgIpc) is 2.81. The molecule has 4 unspecified atom stereocenters. The maximum Gasteiger partial charge on any atom is 0.309 e. The van der Waals surface area contributed by atoms with Gasteiger partial charge in [-0.3, -0.25) is 4.79 Å². The van der Waals surface area contributed by atoms with Crippen LogP contribution in [0, 0.1) is 29.6 Å². The number of methoxy groups -OCH3 is 1. The van der Waals surface area contributed by atoms with E-state index in [1.165, 1.54) is 25.5 Å². The molecule has 13 heavy (non-hydrogen) atoms. The van der Waals surface area contributed by atoms with E-state index in [-0.39, 0.29) is 11.9 Å². The predicted octanol–water partition coefficient (Wildman–Crippen LogP) is 1.62. The Morgan fingerprint density at radius 3 is 2.31 bits per heavy atom. The normalized spacial score (nSPS) is 50.5. The smallest absolute Gasteiger partial charge is 0.309 e. The molecule has 2 heteroatoms. The Hall–Kier alpha value is -0.790. The van der Waals surface area contributed by atoms with Gasteiger partial charge in [-0.2, -0.15) is 0 Å². The Kier molecular flexibility index (Phi) is 1.27. The first-order chi connectivity index (χ1) is 6.24.